The molecule has 0 radical (unpaired) electrons. The van der Waals surface area contributed by atoms with Gasteiger partial charge >= 0.3 is 0 Å². The maximum atomic E-state index is 12.2. The Kier molecular flexibility index (Phi) is 6.52. The lowest BCUT2D eigenvalue weighted by atomic mass is 10.1. The molecule has 0 saturated carbocycles. The van der Waals surface area contributed by atoms with Crippen LogP contribution in [0.5, 0.6) is 0 Å². The molecule has 1 aromatic heterocycles. The van der Waals surface area contributed by atoms with Crippen molar-refractivity contribution >= 4 is 40.4 Å². The molecule has 1 heterocycles. The third-order valence-corrected chi connectivity index (χ3v) is 4.01. The molecule has 1 atom stereocenters. The summed E-state index contributed by atoms with van der Waals surface area (Å²) >= 11 is 2.27. The van der Waals surface area contributed by atoms with Crippen molar-refractivity contribution in [2.45, 2.75) is 26.3 Å². The molecule has 2 rings (SSSR count). The van der Waals surface area contributed by atoms with Crippen LogP contribution in [-0.2, 0) is 4.79 Å². The second-order valence-electron chi connectivity index (χ2n) is 5.08. The van der Waals surface area contributed by atoms with Crippen LogP contribution in [-0.4, -0.2) is 23.1 Å². The first-order chi connectivity index (χ1) is 11.1. The maximum absolute atomic E-state index is 12.2. The third-order valence-electron chi connectivity index (χ3n) is 3.34. The van der Waals surface area contributed by atoms with Crippen molar-refractivity contribution in [3.63, 3.8) is 0 Å². The van der Waals surface area contributed by atoms with E-state index in [1.807, 2.05) is 38.1 Å². The fourth-order valence-corrected chi connectivity index (χ4v) is 2.67. The molecule has 5 nitrogen and oxygen atoms in total. The number of rotatable bonds is 6. The number of halogens is 1. The number of aryl methyl sites for hydroxylation is 1. The molecule has 0 aliphatic heterocycles. The van der Waals surface area contributed by atoms with E-state index in [9.17, 15) is 4.79 Å². The van der Waals surface area contributed by atoms with Gasteiger partial charge in [0.2, 0.25) is 0 Å². The number of hydrogen-bond donors (Lipinski definition) is 2. The molecule has 0 saturated heterocycles. The van der Waals surface area contributed by atoms with Gasteiger partial charge in [-0.25, -0.2) is 5.43 Å². The summed E-state index contributed by atoms with van der Waals surface area (Å²) in [5.74, 6) is -0.157. The summed E-state index contributed by atoms with van der Waals surface area (Å²) in [5.41, 5.74) is 5.54. The molecule has 2 N–H and O–H groups in total. The zero-order valence-electron chi connectivity index (χ0n) is 13.1. The second-order valence-corrected chi connectivity index (χ2v) is 6.32. The van der Waals surface area contributed by atoms with Crippen molar-refractivity contribution in [3.8, 4) is 0 Å². The minimum atomic E-state index is -0.330. The Morgan fingerprint density at radius 2 is 2.09 bits per heavy atom. The molecule has 1 unspecified atom stereocenters. The number of pyridine rings is 1. The van der Waals surface area contributed by atoms with Crippen LogP contribution in [0.25, 0.3) is 0 Å². The van der Waals surface area contributed by atoms with E-state index in [1.54, 1.807) is 18.6 Å². The number of hydrogen-bond acceptors (Lipinski definition) is 4. The second kappa shape index (κ2) is 8.61. The third kappa shape index (κ3) is 5.31. The summed E-state index contributed by atoms with van der Waals surface area (Å²) in [6.07, 6.45) is 5.63. The van der Waals surface area contributed by atoms with Gasteiger partial charge in [0.1, 0.15) is 6.04 Å². The van der Waals surface area contributed by atoms with Crippen molar-refractivity contribution in [3.05, 3.63) is 57.4 Å². The van der Waals surface area contributed by atoms with Crippen LogP contribution in [0.15, 0.2) is 47.8 Å². The number of carbonyl (C=O) groups is 1. The summed E-state index contributed by atoms with van der Waals surface area (Å²) < 4.78 is 1.17. The molecule has 0 bridgehead atoms. The van der Waals surface area contributed by atoms with Gasteiger partial charge in [-0.05, 0) is 77.4 Å². The predicted octanol–water partition coefficient (Wildman–Crippen LogP) is 3.34. The maximum Gasteiger partial charge on any atom is 0.262 e. The molecule has 2 aromatic rings. The van der Waals surface area contributed by atoms with Crippen molar-refractivity contribution in [2.24, 2.45) is 5.10 Å². The Morgan fingerprint density at radius 1 is 1.35 bits per heavy atom. The SMILES string of the molecule is CCC(Nc1ccc(I)cc1C)C(=O)N/N=C/c1ccncc1. The van der Waals surface area contributed by atoms with E-state index in [0.717, 1.165) is 16.8 Å². The zero-order valence-corrected chi connectivity index (χ0v) is 15.2. The first kappa shape index (κ1) is 17.4. The van der Waals surface area contributed by atoms with Crippen LogP contribution in [0.1, 0.15) is 24.5 Å². The van der Waals surface area contributed by atoms with Crippen LogP contribution >= 0.6 is 22.6 Å². The average Bonchev–Trinajstić information content (AvgIpc) is 2.55. The van der Waals surface area contributed by atoms with Gasteiger partial charge in [0.25, 0.3) is 5.91 Å². The first-order valence-corrected chi connectivity index (χ1v) is 8.43. The predicted molar refractivity (Wildman–Crippen MR) is 102 cm³/mol. The molecule has 120 valence electrons. The van der Waals surface area contributed by atoms with Crippen molar-refractivity contribution in [1.29, 1.82) is 0 Å². The topological polar surface area (TPSA) is 66.4 Å². The highest BCUT2D eigenvalue weighted by atomic mass is 127. The normalized spacial score (nSPS) is 12.1. The van der Waals surface area contributed by atoms with Crippen LogP contribution in [0, 0.1) is 10.5 Å². The fraction of sp³-hybridized carbons (Fsp3) is 0.235. The quantitative estimate of drug-likeness (QED) is 0.427. The highest BCUT2D eigenvalue weighted by Gasteiger charge is 2.16. The van der Waals surface area contributed by atoms with Crippen LogP contribution < -0.4 is 10.7 Å². The van der Waals surface area contributed by atoms with Gasteiger partial charge in [-0.3, -0.25) is 9.78 Å². The van der Waals surface area contributed by atoms with Crippen molar-refractivity contribution in [2.75, 3.05) is 5.32 Å². The lowest BCUT2D eigenvalue weighted by Gasteiger charge is -2.18. The zero-order chi connectivity index (χ0) is 16.7. The summed E-state index contributed by atoms with van der Waals surface area (Å²) in [7, 11) is 0. The van der Waals surface area contributed by atoms with E-state index in [4.69, 9.17) is 0 Å². The smallest absolute Gasteiger partial charge is 0.262 e. The highest BCUT2D eigenvalue weighted by molar-refractivity contribution is 14.1. The number of hydrazone groups is 1. The minimum Gasteiger partial charge on any atom is -0.373 e. The Hall–Kier alpha value is -1.96. The van der Waals surface area contributed by atoms with E-state index in [0.29, 0.717) is 6.42 Å². The molecule has 1 amide bonds. The molecular weight excluding hydrogens is 403 g/mol. The summed E-state index contributed by atoms with van der Waals surface area (Å²) in [6.45, 7) is 3.99. The average molecular weight is 422 g/mol. The van der Waals surface area contributed by atoms with E-state index in [1.165, 1.54) is 3.57 Å². The first-order valence-electron chi connectivity index (χ1n) is 7.35. The number of aromatic nitrogens is 1. The molecule has 23 heavy (non-hydrogen) atoms. The Balaban J connectivity index is 1.97. The van der Waals surface area contributed by atoms with Crippen molar-refractivity contribution < 1.29 is 4.79 Å². The Bertz CT molecular complexity index is 688. The van der Waals surface area contributed by atoms with Gasteiger partial charge < -0.3 is 5.32 Å². The van der Waals surface area contributed by atoms with E-state index in [-0.39, 0.29) is 11.9 Å². The van der Waals surface area contributed by atoms with Crippen LogP contribution in [0.2, 0.25) is 0 Å². The number of carbonyl (C=O) groups excluding carboxylic acids is 1. The number of anilines is 1. The largest absolute Gasteiger partial charge is 0.373 e. The van der Waals surface area contributed by atoms with Gasteiger partial charge in [0.15, 0.2) is 0 Å². The molecule has 0 aliphatic rings. The monoisotopic (exact) mass is 422 g/mol. The lowest BCUT2D eigenvalue weighted by molar-refractivity contribution is -0.121. The van der Waals surface area contributed by atoms with Crippen LogP contribution in [0.3, 0.4) is 0 Å². The number of benzene rings is 1. The van der Waals surface area contributed by atoms with E-state index < -0.39 is 0 Å². The molecule has 1 aromatic carbocycles. The number of nitrogens with zero attached hydrogens (tertiary/aromatic N) is 2. The Morgan fingerprint density at radius 3 is 2.74 bits per heavy atom. The minimum absolute atomic E-state index is 0.157. The molecule has 0 aliphatic carbocycles. The van der Waals surface area contributed by atoms with Crippen molar-refractivity contribution in [1.82, 2.24) is 10.4 Å². The number of nitrogens with one attached hydrogen (secondary N) is 2. The summed E-state index contributed by atoms with van der Waals surface area (Å²) in [4.78, 5) is 16.2. The highest BCUT2D eigenvalue weighted by Crippen LogP contribution is 2.19. The summed E-state index contributed by atoms with van der Waals surface area (Å²) in [6, 6.07) is 9.40. The molecule has 0 fully saturated rings. The van der Waals surface area contributed by atoms with Gasteiger partial charge in [-0.15, -0.1) is 0 Å². The van der Waals surface area contributed by atoms with E-state index >= 15 is 0 Å². The molecule has 6 heteroatoms. The summed E-state index contributed by atoms with van der Waals surface area (Å²) in [5, 5.41) is 7.27. The molecule has 0 spiro atoms. The van der Waals surface area contributed by atoms with Crippen LogP contribution in [0.4, 0.5) is 5.69 Å². The fourth-order valence-electron chi connectivity index (χ4n) is 2.03. The van der Waals surface area contributed by atoms with Gasteiger partial charge in [0, 0.05) is 21.7 Å². The Labute approximate surface area is 149 Å². The van der Waals surface area contributed by atoms with Gasteiger partial charge in [-0.1, -0.05) is 6.92 Å². The number of amides is 1. The molecular formula is C17H19IN4O. The van der Waals surface area contributed by atoms with E-state index in [2.05, 4.69) is 49.5 Å². The standard InChI is InChI=1S/C17H19IN4O/c1-3-15(21-16-5-4-14(18)10-12(16)2)17(23)22-20-11-13-6-8-19-9-7-13/h4-11,15,21H,3H2,1-2H3,(H,22,23)/b20-11+. The lowest BCUT2D eigenvalue weighted by Crippen LogP contribution is -2.37. The van der Waals surface area contributed by atoms with Gasteiger partial charge in [0.05, 0.1) is 6.21 Å². The van der Waals surface area contributed by atoms with Gasteiger partial charge in [-0.2, -0.15) is 5.10 Å².